The number of methoxy groups -OCH3 is 2. The second-order valence-electron chi connectivity index (χ2n) is 9.85. The van der Waals surface area contributed by atoms with Crippen LogP contribution in [0.2, 0.25) is 0 Å². The van der Waals surface area contributed by atoms with Crippen LogP contribution >= 0.6 is 0 Å². The van der Waals surface area contributed by atoms with Crippen LogP contribution in [-0.2, 0) is 51.0 Å². The normalized spacial score (nSPS) is 16.9. The first-order valence-electron chi connectivity index (χ1n) is 16.2. The van der Waals surface area contributed by atoms with E-state index < -0.39 is 14.5 Å². The molecule has 0 amide bonds. The third-order valence-electron chi connectivity index (χ3n) is 5.73. The van der Waals surface area contributed by atoms with Crippen molar-refractivity contribution in [3.05, 3.63) is 49.1 Å². The van der Waals surface area contributed by atoms with Crippen LogP contribution in [0.15, 0.2) is 49.1 Å². The van der Waals surface area contributed by atoms with E-state index in [2.05, 4.69) is 9.13 Å². The van der Waals surface area contributed by atoms with Gasteiger partial charge < -0.3 is 81.9 Å². The fourth-order valence-electron chi connectivity index (χ4n) is 3.51. The van der Waals surface area contributed by atoms with Gasteiger partial charge >= 0.3 is 14.5 Å². The highest BCUT2D eigenvalue weighted by Crippen LogP contribution is 2.07. The summed E-state index contributed by atoms with van der Waals surface area (Å²) in [4.78, 5) is 0. The van der Waals surface area contributed by atoms with Crippen molar-refractivity contribution in [2.75, 3.05) is 120 Å². The van der Waals surface area contributed by atoms with E-state index in [0.717, 1.165) is 24.6 Å². The molecule has 0 spiro atoms. The van der Waals surface area contributed by atoms with E-state index in [1.807, 2.05) is 49.1 Å². The molecule has 0 saturated carbocycles. The largest absolute Gasteiger partial charge is 0.673 e. The molecule has 1 aliphatic heterocycles. The molecule has 3 rings (SSSR count). The molecule has 52 heavy (non-hydrogen) atoms. The number of hydrogen-bond donors (Lipinski definition) is 0. The third-order valence-corrected chi connectivity index (χ3v) is 5.73. The number of aryl methyl sites for hydroxylation is 2. The molecule has 0 bridgehead atoms. The molecule has 1 fully saturated rings. The van der Waals surface area contributed by atoms with Gasteiger partial charge in [-0.2, -0.15) is 9.13 Å². The summed E-state index contributed by atoms with van der Waals surface area (Å²) in [5.41, 5.74) is 0. The maximum absolute atomic E-state index is 9.75. The van der Waals surface area contributed by atoms with Gasteiger partial charge in [0.05, 0.1) is 120 Å². The van der Waals surface area contributed by atoms with Crippen LogP contribution in [0, 0.1) is 0 Å². The van der Waals surface area contributed by atoms with Crippen molar-refractivity contribution in [3.63, 3.8) is 0 Å². The molecule has 2 aromatic rings. The van der Waals surface area contributed by atoms with E-state index in [-0.39, 0.29) is 0 Å². The lowest BCUT2D eigenvalue weighted by Crippen LogP contribution is -2.43. The third kappa shape index (κ3) is 39.9. The van der Waals surface area contributed by atoms with Crippen LogP contribution in [0.25, 0.3) is 0 Å². The summed E-state index contributed by atoms with van der Waals surface area (Å²) in [6, 6.07) is 7.84. The van der Waals surface area contributed by atoms with Crippen molar-refractivity contribution in [2.45, 2.75) is 13.1 Å². The van der Waals surface area contributed by atoms with E-state index in [1.165, 1.54) is 0 Å². The number of pyridine rings is 2. The maximum Gasteiger partial charge on any atom is 0.673 e. The predicted octanol–water partition coefficient (Wildman–Crippen LogP) is 3.71. The second-order valence-corrected chi connectivity index (χ2v) is 9.85. The Hall–Kier alpha value is -2.85. The average Bonchev–Trinajstić information content (AvgIpc) is 3.09. The number of rotatable bonds is 5. The van der Waals surface area contributed by atoms with Gasteiger partial charge in [0, 0.05) is 12.1 Å². The lowest BCUT2D eigenvalue weighted by atomic mass is 10.3. The van der Waals surface area contributed by atoms with Gasteiger partial charge in [-0.25, -0.2) is 0 Å². The molecule has 22 heteroatoms. The van der Waals surface area contributed by atoms with Gasteiger partial charge in [-0.3, -0.25) is 0 Å². The molecule has 0 aliphatic carbocycles. The van der Waals surface area contributed by atoms with Gasteiger partial charge in [0.1, 0.15) is 0 Å². The topological polar surface area (TPSA) is 100 Å². The van der Waals surface area contributed by atoms with Crippen molar-refractivity contribution in [3.8, 4) is 11.5 Å². The average molecular weight is 772 g/mol. The fourth-order valence-corrected chi connectivity index (χ4v) is 3.51. The second kappa shape index (κ2) is 32.8. The molecule has 302 valence electrons. The summed E-state index contributed by atoms with van der Waals surface area (Å²) in [5, 5.41) is 0. The van der Waals surface area contributed by atoms with Crippen LogP contribution < -0.4 is 18.6 Å². The highest BCUT2D eigenvalue weighted by molar-refractivity contribution is 6.50. The van der Waals surface area contributed by atoms with E-state index in [9.17, 15) is 34.5 Å². The molecular formula is C30H50B2F8N2O10. The number of ether oxygens (including phenoxy) is 10. The monoisotopic (exact) mass is 772 g/mol. The number of nitrogens with zero attached hydrogens (tertiary/aromatic N) is 2. The first-order valence-corrected chi connectivity index (χ1v) is 16.2. The Kier molecular flexibility index (Phi) is 31.0. The van der Waals surface area contributed by atoms with Crippen molar-refractivity contribution >= 4 is 14.5 Å². The van der Waals surface area contributed by atoms with Gasteiger partial charge in [-0.05, 0) is 12.1 Å². The lowest BCUT2D eigenvalue weighted by molar-refractivity contribution is -0.778. The molecule has 1 aliphatic rings. The van der Waals surface area contributed by atoms with Crippen LogP contribution in [0.1, 0.15) is 0 Å². The van der Waals surface area contributed by atoms with Crippen molar-refractivity contribution < 1.29 is 91.0 Å². The number of hydrogen-bond acceptors (Lipinski definition) is 10. The Morgan fingerprint density at radius 3 is 0.808 bits per heavy atom. The first-order chi connectivity index (χ1) is 24.8. The molecule has 1 saturated heterocycles. The Bertz CT molecular complexity index is 921. The molecular weight excluding hydrogens is 722 g/mol. The van der Waals surface area contributed by atoms with E-state index in [4.69, 9.17) is 47.4 Å². The van der Waals surface area contributed by atoms with Crippen LogP contribution in [-0.4, -0.2) is 134 Å². The molecule has 0 unspecified atom stereocenters. The van der Waals surface area contributed by atoms with Crippen molar-refractivity contribution in [1.29, 1.82) is 0 Å². The molecule has 0 aromatic carbocycles. The van der Waals surface area contributed by atoms with Crippen LogP contribution in [0.4, 0.5) is 34.5 Å². The fraction of sp³-hybridized carbons (Fsp3) is 0.667. The quantitative estimate of drug-likeness (QED) is 0.254. The van der Waals surface area contributed by atoms with Crippen molar-refractivity contribution in [1.82, 2.24) is 0 Å². The molecule has 12 nitrogen and oxygen atoms in total. The zero-order valence-electron chi connectivity index (χ0n) is 29.5. The minimum Gasteiger partial charge on any atom is -0.491 e. The van der Waals surface area contributed by atoms with Gasteiger partial charge in [-0.15, -0.1) is 0 Å². The summed E-state index contributed by atoms with van der Waals surface area (Å²) in [6.07, 6.45) is 8.04. The molecule has 0 atom stereocenters. The summed E-state index contributed by atoms with van der Waals surface area (Å²) in [5.74, 6) is 1.74. The zero-order chi connectivity index (χ0) is 38.8. The molecule has 2 aromatic heterocycles. The van der Waals surface area contributed by atoms with Crippen LogP contribution in [0.3, 0.4) is 0 Å². The SMILES string of the molecule is C1COCCOCCOCCOCCOCCOCCOCCO1.COc1ccc[n+](CC[n+]2cccc(OC)c2)c1.F[B-](F)(F)F.F[B-](F)(F)F. The van der Waals surface area contributed by atoms with Gasteiger partial charge in [0.2, 0.25) is 25.5 Å². The van der Waals surface area contributed by atoms with Crippen LogP contribution in [0.5, 0.6) is 11.5 Å². The van der Waals surface area contributed by atoms with Gasteiger partial charge in [-0.1, -0.05) is 0 Å². The first kappa shape index (κ1) is 49.1. The zero-order valence-corrected chi connectivity index (χ0v) is 29.5. The Morgan fingerprint density at radius 1 is 0.442 bits per heavy atom. The summed E-state index contributed by atoms with van der Waals surface area (Å²) in [6.45, 7) is 10.7. The van der Waals surface area contributed by atoms with Gasteiger partial charge in [0.15, 0.2) is 23.9 Å². The molecule has 0 radical (unpaired) electrons. The summed E-state index contributed by atoms with van der Waals surface area (Å²) >= 11 is 0. The number of aromatic nitrogens is 2. The predicted molar refractivity (Wildman–Crippen MR) is 173 cm³/mol. The maximum atomic E-state index is 9.75. The van der Waals surface area contributed by atoms with Gasteiger partial charge in [0.25, 0.3) is 0 Å². The minimum absolute atomic E-state index is 0.556. The van der Waals surface area contributed by atoms with E-state index >= 15 is 0 Å². The summed E-state index contributed by atoms with van der Waals surface area (Å²) < 4.78 is 136. The highest BCUT2D eigenvalue weighted by atomic mass is 19.5. The van der Waals surface area contributed by atoms with Crippen molar-refractivity contribution in [2.24, 2.45) is 0 Å². The smallest absolute Gasteiger partial charge is 0.491 e. The summed E-state index contributed by atoms with van der Waals surface area (Å²) in [7, 11) is -8.65. The molecule has 0 N–H and O–H groups in total. The Morgan fingerprint density at radius 2 is 0.635 bits per heavy atom. The van der Waals surface area contributed by atoms with E-state index in [1.54, 1.807) is 14.2 Å². The standard InChI is InChI=1S/C16H32O8.C14H18N2O2.2BF4/c1-2-18-5-6-20-9-10-22-13-14-24-16-15-23-12-11-21-8-7-19-4-3-17-1;1-17-13-5-3-7-15(11-13)9-10-16-8-4-6-14(12-16)18-2;2*2-1(3,4)5/h1-16H2;3-8,11-12H,9-10H2,1-2H3;;/q;+2;2*-1. The Balaban J connectivity index is 0.000000809. The van der Waals surface area contributed by atoms with E-state index in [0.29, 0.717) is 106 Å². The number of halogens is 8. The minimum atomic E-state index is -6.00. The molecule has 3 heterocycles. The Labute approximate surface area is 299 Å². The lowest BCUT2D eigenvalue weighted by Gasteiger charge is -2.09. The highest BCUT2D eigenvalue weighted by Gasteiger charge is 2.21.